The second-order valence-corrected chi connectivity index (χ2v) is 4.83. The lowest BCUT2D eigenvalue weighted by atomic mass is 10.2. The van der Waals surface area contributed by atoms with Crippen molar-refractivity contribution in [1.29, 1.82) is 0 Å². The molecule has 8 heteroatoms. The van der Waals surface area contributed by atoms with E-state index in [4.69, 9.17) is 16.0 Å². The Morgan fingerprint density at radius 2 is 1.91 bits per heavy atom. The number of hydrogen-bond acceptors (Lipinski definition) is 3. The molecule has 3 aromatic rings. The highest BCUT2D eigenvalue weighted by atomic mass is 35.5. The second kappa shape index (κ2) is 5.27. The average molecular weight is 325 g/mol. The third-order valence-electron chi connectivity index (χ3n) is 2.93. The van der Waals surface area contributed by atoms with Crippen molar-refractivity contribution in [2.24, 2.45) is 0 Å². The van der Waals surface area contributed by atoms with Crippen LogP contribution in [0, 0.1) is 11.6 Å². The van der Waals surface area contributed by atoms with Gasteiger partial charge in [-0.1, -0.05) is 11.6 Å². The zero-order chi connectivity index (χ0) is 15.9. The minimum absolute atomic E-state index is 0.207. The van der Waals surface area contributed by atoms with Gasteiger partial charge >= 0.3 is 5.76 Å². The lowest BCUT2D eigenvalue weighted by Crippen LogP contribution is -2.13. The molecule has 0 aliphatic heterocycles. The van der Waals surface area contributed by atoms with Gasteiger partial charge < -0.3 is 9.73 Å². The first-order chi connectivity index (χ1) is 10.4. The quantitative estimate of drug-likeness (QED) is 0.710. The van der Waals surface area contributed by atoms with Gasteiger partial charge in [0.25, 0.3) is 5.91 Å². The van der Waals surface area contributed by atoms with Crippen molar-refractivity contribution < 1.29 is 18.0 Å². The molecule has 0 saturated heterocycles. The Bertz CT molecular complexity index is 949. The zero-order valence-electron chi connectivity index (χ0n) is 10.7. The fraction of sp³-hybridized carbons (Fsp3) is 0. The first-order valence-electron chi connectivity index (χ1n) is 6.03. The molecule has 3 rings (SSSR count). The maximum Gasteiger partial charge on any atom is 0.417 e. The van der Waals surface area contributed by atoms with Crippen molar-refractivity contribution in [2.45, 2.75) is 0 Å². The standard InChI is InChI=1S/C14H7ClF2N2O3/c15-8-5-10(17)9(16)4-7(8)13(20)18-6-1-2-12-11(3-6)19-14(21)22-12/h1-5H,(H,18,20)(H,19,21). The highest BCUT2D eigenvalue weighted by Crippen LogP contribution is 2.22. The molecule has 0 atom stereocenters. The van der Waals surface area contributed by atoms with Gasteiger partial charge in [-0.3, -0.25) is 9.78 Å². The lowest BCUT2D eigenvalue weighted by Gasteiger charge is -2.07. The summed E-state index contributed by atoms with van der Waals surface area (Å²) in [7, 11) is 0. The van der Waals surface area contributed by atoms with E-state index in [0.717, 1.165) is 6.07 Å². The Hall–Kier alpha value is -2.67. The number of halogens is 3. The summed E-state index contributed by atoms with van der Waals surface area (Å²) in [6.07, 6.45) is 0. The highest BCUT2D eigenvalue weighted by Gasteiger charge is 2.15. The van der Waals surface area contributed by atoms with Crippen molar-refractivity contribution in [3.63, 3.8) is 0 Å². The third-order valence-corrected chi connectivity index (χ3v) is 3.24. The summed E-state index contributed by atoms with van der Waals surface area (Å²) >= 11 is 5.73. The van der Waals surface area contributed by atoms with E-state index < -0.39 is 23.3 Å². The molecule has 1 aromatic heterocycles. The molecular weight excluding hydrogens is 318 g/mol. The summed E-state index contributed by atoms with van der Waals surface area (Å²) in [6, 6.07) is 5.88. The molecule has 1 amide bonds. The number of hydrogen-bond donors (Lipinski definition) is 2. The fourth-order valence-electron chi connectivity index (χ4n) is 1.92. The van der Waals surface area contributed by atoms with E-state index in [2.05, 4.69) is 10.3 Å². The number of carbonyl (C=O) groups excluding carboxylic acids is 1. The summed E-state index contributed by atoms with van der Waals surface area (Å²) in [5.74, 6) is -3.65. The number of aromatic amines is 1. The van der Waals surface area contributed by atoms with Crippen LogP contribution in [0.15, 0.2) is 39.5 Å². The van der Waals surface area contributed by atoms with Gasteiger partial charge in [-0.15, -0.1) is 0 Å². The molecule has 1 heterocycles. The molecule has 0 saturated carbocycles. The van der Waals surface area contributed by atoms with Crippen molar-refractivity contribution in [1.82, 2.24) is 4.98 Å². The topological polar surface area (TPSA) is 75.1 Å². The van der Waals surface area contributed by atoms with E-state index in [0.29, 0.717) is 22.9 Å². The van der Waals surface area contributed by atoms with Gasteiger partial charge in [0, 0.05) is 5.69 Å². The van der Waals surface area contributed by atoms with Gasteiger partial charge in [-0.25, -0.2) is 13.6 Å². The second-order valence-electron chi connectivity index (χ2n) is 4.43. The van der Waals surface area contributed by atoms with Crippen molar-refractivity contribution in [2.75, 3.05) is 5.32 Å². The van der Waals surface area contributed by atoms with Crippen LogP contribution in [0.25, 0.3) is 11.1 Å². The summed E-state index contributed by atoms with van der Waals surface area (Å²) in [5, 5.41) is 2.26. The molecule has 0 aliphatic rings. The summed E-state index contributed by atoms with van der Waals surface area (Å²) in [5.41, 5.74) is 0.838. The predicted octanol–water partition coefficient (Wildman–Crippen LogP) is 3.31. The number of rotatable bonds is 2. The van der Waals surface area contributed by atoms with E-state index in [1.165, 1.54) is 18.2 Å². The molecular formula is C14H7ClF2N2O3. The minimum Gasteiger partial charge on any atom is -0.408 e. The molecule has 2 aromatic carbocycles. The molecule has 0 fully saturated rings. The van der Waals surface area contributed by atoms with Crippen LogP contribution in [0.5, 0.6) is 0 Å². The number of oxazole rings is 1. The van der Waals surface area contributed by atoms with Crippen LogP contribution in [0.1, 0.15) is 10.4 Å². The van der Waals surface area contributed by atoms with Crippen LogP contribution in [0.2, 0.25) is 5.02 Å². The molecule has 0 bridgehead atoms. The van der Waals surface area contributed by atoms with E-state index >= 15 is 0 Å². The number of fused-ring (bicyclic) bond motifs is 1. The maximum atomic E-state index is 13.2. The molecule has 2 N–H and O–H groups in total. The van der Waals surface area contributed by atoms with Gasteiger partial charge in [0.05, 0.1) is 16.1 Å². The van der Waals surface area contributed by atoms with Crippen LogP contribution < -0.4 is 11.1 Å². The van der Waals surface area contributed by atoms with E-state index in [-0.39, 0.29) is 10.6 Å². The number of anilines is 1. The monoisotopic (exact) mass is 324 g/mol. The van der Waals surface area contributed by atoms with Crippen LogP contribution in [0.3, 0.4) is 0 Å². The van der Waals surface area contributed by atoms with Crippen LogP contribution in [-0.4, -0.2) is 10.9 Å². The Kier molecular flexibility index (Phi) is 3.42. The highest BCUT2D eigenvalue weighted by molar-refractivity contribution is 6.34. The Balaban J connectivity index is 1.92. The van der Waals surface area contributed by atoms with Gasteiger partial charge in [-0.2, -0.15) is 0 Å². The molecule has 22 heavy (non-hydrogen) atoms. The molecule has 0 unspecified atom stereocenters. The SMILES string of the molecule is O=C(Nc1ccc2oc(=O)[nH]c2c1)c1cc(F)c(F)cc1Cl. The van der Waals surface area contributed by atoms with Crippen LogP contribution in [0.4, 0.5) is 14.5 Å². The Labute approximate surface area is 126 Å². The summed E-state index contributed by atoms with van der Waals surface area (Å²) < 4.78 is 31.0. The predicted molar refractivity (Wildman–Crippen MR) is 76.2 cm³/mol. The minimum atomic E-state index is -1.18. The van der Waals surface area contributed by atoms with Gasteiger partial charge in [0.2, 0.25) is 0 Å². The van der Waals surface area contributed by atoms with E-state index in [1.54, 1.807) is 0 Å². The van der Waals surface area contributed by atoms with Gasteiger partial charge in [0.15, 0.2) is 17.2 Å². The van der Waals surface area contributed by atoms with E-state index in [1.807, 2.05) is 0 Å². The number of aromatic nitrogens is 1. The number of H-pyrrole nitrogens is 1. The summed E-state index contributed by atoms with van der Waals surface area (Å²) in [4.78, 5) is 25.5. The number of amides is 1. The normalized spacial score (nSPS) is 10.9. The first kappa shape index (κ1) is 14.3. The first-order valence-corrected chi connectivity index (χ1v) is 6.40. The Morgan fingerprint density at radius 1 is 1.18 bits per heavy atom. The van der Waals surface area contributed by atoms with E-state index in [9.17, 15) is 18.4 Å². The van der Waals surface area contributed by atoms with Crippen LogP contribution in [-0.2, 0) is 0 Å². The van der Waals surface area contributed by atoms with Crippen molar-refractivity contribution >= 4 is 34.3 Å². The molecule has 0 aliphatic carbocycles. The van der Waals surface area contributed by atoms with Crippen molar-refractivity contribution in [3.8, 4) is 0 Å². The summed E-state index contributed by atoms with van der Waals surface area (Å²) in [6.45, 7) is 0. The third kappa shape index (κ3) is 2.58. The molecule has 5 nitrogen and oxygen atoms in total. The fourth-order valence-corrected chi connectivity index (χ4v) is 2.16. The molecule has 0 radical (unpaired) electrons. The average Bonchev–Trinajstić information content (AvgIpc) is 2.82. The molecule has 0 spiro atoms. The van der Waals surface area contributed by atoms with Crippen LogP contribution >= 0.6 is 11.6 Å². The maximum absolute atomic E-state index is 13.2. The largest absolute Gasteiger partial charge is 0.417 e. The van der Waals surface area contributed by atoms with Gasteiger partial charge in [-0.05, 0) is 30.3 Å². The van der Waals surface area contributed by atoms with Crippen molar-refractivity contribution in [3.05, 3.63) is 63.1 Å². The zero-order valence-corrected chi connectivity index (χ0v) is 11.5. The molecule has 112 valence electrons. The number of benzene rings is 2. The smallest absolute Gasteiger partial charge is 0.408 e. The number of nitrogens with one attached hydrogen (secondary N) is 2. The lowest BCUT2D eigenvalue weighted by molar-refractivity contribution is 0.102. The number of carbonyl (C=O) groups is 1. The Morgan fingerprint density at radius 3 is 2.68 bits per heavy atom. The van der Waals surface area contributed by atoms with Gasteiger partial charge in [0.1, 0.15) is 0 Å².